The number of rotatable bonds is 8. The lowest BCUT2D eigenvalue weighted by atomic mass is 10.0. The highest BCUT2D eigenvalue weighted by atomic mass is 16.5. The summed E-state index contributed by atoms with van der Waals surface area (Å²) in [4.78, 5) is 12.5. The lowest BCUT2D eigenvalue weighted by Crippen LogP contribution is -2.39. The average molecular weight is 354 g/mol. The molecule has 0 fully saturated rings. The minimum Gasteiger partial charge on any atom is -0.480 e. The van der Waals surface area contributed by atoms with Crippen molar-refractivity contribution in [1.82, 2.24) is 5.32 Å². The van der Waals surface area contributed by atoms with E-state index in [1.165, 1.54) is 11.1 Å². The van der Waals surface area contributed by atoms with Gasteiger partial charge >= 0.3 is 0 Å². The number of aryl methyl sites for hydroxylation is 2. The maximum atomic E-state index is 12.5. The molecule has 0 unspecified atom stereocenters. The number of carbonyl (C=O) groups is 1. The second-order valence-corrected chi connectivity index (χ2v) is 7.22. The Labute approximate surface area is 157 Å². The fourth-order valence-electron chi connectivity index (χ4n) is 2.82. The molecule has 140 valence electrons. The number of benzene rings is 2. The summed E-state index contributed by atoms with van der Waals surface area (Å²) in [5.74, 6) is 1.28. The van der Waals surface area contributed by atoms with Crippen LogP contribution in [0.4, 0.5) is 0 Å². The molecule has 26 heavy (non-hydrogen) atoms. The summed E-state index contributed by atoms with van der Waals surface area (Å²) in [6.07, 6.45) is 1.01. The molecule has 0 bridgehead atoms. The molecule has 0 heterocycles. The second-order valence-electron chi connectivity index (χ2n) is 7.22. The van der Waals surface area contributed by atoms with Gasteiger partial charge in [0.25, 0.3) is 5.91 Å². The second kappa shape index (κ2) is 9.42. The zero-order chi connectivity index (χ0) is 19.1. The molecule has 0 aliphatic carbocycles. The third kappa shape index (κ3) is 5.62. The van der Waals surface area contributed by atoms with Gasteiger partial charge in [-0.25, -0.2) is 0 Å². The van der Waals surface area contributed by atoms with Crippen molar-refractivity contribution < 1.29 is 9.53 Å². The molecule has 1 amide bonds. The molecule has 0 saturated heterocycles. The first-order valence-corrected chi connectivity index (χ1v) is 9.51. The van der Waals surface area contributed by atoms with E-state index in [2.05, 4.69) is 43.4 Å². The summed E-state index contributed by atoms with van der Waals surface area (Å²) in [7, 11) is 0. The highest BCUT2D eigenvalue weighted by molar-refractivity contribution is 5.81. The van der Waals surface area contributed by atoms with Crippen molar-refractivity contribution in [2.45, 2.75) is 59.5 Å². The van der Waals surface area contributed by atoms with Crippen molar-refractivity contribution in [2.75, 3.05) is 6.54 Å². The topological polar surface area (TPSA) is 38.3 Å². The summed E-state index contributed by atoms with van der Waals surface area (Å²) < 4.78 is 5.97. The molecule has 0 spiro atoms. The Hall–Kier alpha value is -2.29. The van der Waals surface area contributed by atoms with E-state index in [-0.39, 0.29) is 5.91 Å². The van der Waals surface area contributed by atoms with Crippen molar-refractivity contribution in [3.8, 4) is 5.75 Å². The number of amides is 1. The number of hydrogen-bond donors (Lipinski definition) is 1. The number of hydrogen-bond acceptors (Lipinski definition) is 2. The van der Waals surface area contributed by atoms with E-state index >= 15 is 0 Å². The van der Waals surface area contributed by atoms with Gasteiger partial charge in [0.15, 0.2) is 6.10 Å². The Morgan fingerprint density at radius 2 is 1.77 bits per heavy atom. The van der Waals surface area contributed by atoms with Crippen molar-refractivity contribution >= 4 is 5.91 Å². The van der Waals surface area contributed by atoms with E-state index in [1.807, 2.05) is 39.0 Å². The van der Waals surface area contributed by atoms with Crippen LogP contribution in [-0.2, 0) is 11.2 Å². The summed E-state index contributed by atoms with van der Waals surface area (Å²) >= 11 is 0. The zero-order valence-corrected chi connectivity index (χ0v) is 16.6. The van der Waals surface area contributed by atoms with Crippen LogP contribution >= 0.6 is 0 Å². The molecule has 0 aromatic heterocycles. The van der Waals surface area contributed by atoms with Gasteiger partial charge in [-0.2, -0.15) is 0 Å². The van der Waals surface area contributed by atoms with Gasteiger partial charge in [0.2, 0.25) is 0 Å². The molecule has 1 atom stereocenters. The van der Waals surface area contributed by atoms with Gasteiger partial charge in [0, 0.05) is 6.54 Å². The van der Waals surface area contributed by atoms with Crippen LogP contribution in [0.15, 0.2) is 42.5 Å². The largest absolute Gasteiger partial charge is 0.480 e. The fraction of sp³-hybridized carbons (Fsp3) is 0.435. The molecule has 1 N–H and O–H groups in total. The Bertz CT molecular complexity index is 719. The number of carbonyl (C=O) groups excluding carboxylic acids is 1. The quantitative estimate of drug-likeness (QED) is 0.730. The van der Waals surface area contributed by atoms with Gasteiger partial charge in [-0.15, -0.1) is 0 Å². The average Bonchev–Trinajstić information content (AvgIpc) is 2.62. The third-order valence-electron chi connectivity index (χ3n) is 4.64. The van der Waals surface area contributed by atoms with Crippen LogP contribution in [0.3, 0.4) is 0 Å². The molecule has 0 aliphatic rings. The standard InChI is InChI=1S/C23H31NO2/c1-6-21(26-22-15-17(4)7-8-18(22)5)23(25)24-14-13-19-9-11-20(12-10-19)16(2)3/h7-12,15-16,21H,6,13-14H2,1-5H3,(H,24,25)/t21-/m1/s1. The zero-order valence-electron chi connectivity index (χ0n) is 16.6. The molecule has 0 saturated carbocycles. The fourth-order valence-corrected chi connectivity index (χ4v) is 2.82. The van der Waals surface area contributed by atoms with Crippen LogP contribution in [0.5, 0.6) is 5.75 Å². The maximum absolute atomic E-state index is 12.5. The van der Waals surface area contributed by atoms with Crippen LogP contribution in [0, 0.1) is 13.8 Å². The predicted molar refractivity (Wildman–Crippen MR) is 108 cm³/mol. The van der Waals surface area contributed by atoms with E-state index in [9.17, 15) is 4.79 Å². The SMILES string of the molecule is CC[C@@H](Oc1cc(C)ccc1C)C(=O)NCCc1ccc(C(C)C)cc1. The Morgan fingerprint density at radius 3 is 2.38 bits per heavy atom. The third-order valence-corrected chi connectivity index (χ3v) is 4.64. The minimum absolute atomic E-state index is 0.0489. The molecule has 2 rings (SSSR count). The summed E-state index contributed by atoms with van der Waals surface area (Å²) in [5, 5.41) is 3.01. The first-order chi connectivity index (χ1) is 12.4. The highest BCUT2D eigenvalue weighted by Crippen LogP contribution is 2.21. The minimum atomic E-state index is -0.459. The Kier molecular flexibility index (Phi) is 7.26. The molecule has 3 nitrogen and oxygen atoms in total. The van der Waals surface area contributed by atoms with Crippen molar-refractivity contribution in [2.24, 2.45) is 0 Å². The maximum Gasteiger partial charge on any atom is 0.261 e. The normalized spacial score (nSPS) is 12.1. The molecular formula is C23H31NO2. The molecule has 2 aromatic rings. The van der Waals surface area contributed by atoms with Gasteiger partial charge in [-0.05, 0) is 60.9 Å². The van der Waals surface area contributed by atoms with Crippen LogP contribution in [-0.4, -0.2) is 18.6 Å². The van der Waals surface area contributed by atoms with Crippen molar-refractivity contribution in [3.05, 3.63) is 64.7 Å². The van der Waals surface area contributed by atoms with Gasteiger partial charge in [-0.3, -0.25) is 4.79 Å². The monoisotopic (exact) mass is 353 g/mol. The van der Waals surface area contributed by atoms with E-state index in [0.717, 1.165) is 23.3 Å². The Morgan fingerprint density at radius 1 is 1.08 bits per heavy atom. The van der Waals surface area contributed by atoms with E-state index in [4.69, 9.17) is 4.74 Å². The Balaban J connectivity index is 1.87. The summed E-state index contributed by atoms with van der Waals surface area (Å²) in [6.45, 7) is 11.0. The number of ether oxygens (including phenoxy) is 1. The first kappa shape index (κ1) is 20.0. The molecule has 2 aromatic carbocycles. The first-order valence-electron chi connectivity index (χ1n) is 9.51. The van der Waals surface area contributed by atoms with Crippen LogP contribution in [0.2, 0.25) is 0 Å². The van der Waals surface area contributed by atoms with Crippen molar-refractivity contribution in [1.29, 1.82) is 0 Å². The van der Waals surface area contributed by atoms with Gasteiger partial charge in [0.1, 0.15) is 5.75 Å². The lowest BCUT2D eigenvalue weighted by molar-refractivity contribution is -0.128. The predicted octanol–water partition coefficient (Wildman–Crippen LogP) is 4.94. The van der Waals surface area contributed by atoms with E-state index in [1.54, 1.807) is 0 Å². The van der Waals surface area contributed by atoms with Crippen LogP contribution < -0.4 is 10.1 Å². The van der Waals surface area contributed by atoms with E-state index < -0.39 is 6.10 Å². The molecule has 0 aliphatic heterocycles. The number of nitrogens with one attached hydrogen (secondary N) is 1. The molecule has 3 heteroatoms. The van der Waals surface area contributed by atoms with E-state index in [0.29, 0.717) is 18.9 Å². The van der Waals surface area contributed by atoms with Crippen LogP contribution in [0.25, 0.3) is 0 Å². The van der Waals surface area contributed by atoms with Crippen molar-refractivity contribution in [3.63, 3.8) is 0 Å². The molecule has 0 radical (unpaired) electrons. The van der Waals surface area contributed by atoms with Gasteiger partial charge < -0.3 is 10.1 Å². The lowest BCUT2D eigenvalue weighted by Gasteiger charge is -2.19. The summed E-state index contributed by atoms with van der Waals surface area (Å²) in [6, 6.07) is 14.7. The van der Waals surface area contributed by atoms with Gasteiger partial charge in [-0.1, -0.05) is 57.2 Å². The van der Waals surface area contributed by atoms with Gasteiger partial charge in [0.05, 0.1) is 0 Å². The summed E-state index contributed by atoms with van der Waals surface area (Å²) in [5.41, 5.74) is 4.75. The molecular weight excluding hydrogens is 322 g/mol. The van der Waals surface area contributed by atoms with Crippen LogP contribution in [0.1, 0.15) is 55.4 Å². The highest BCUT2D eigenvalue weighted by Gasteiger charge is 2.18. The smallest absolute Gasteiger partial charge is 0.261 e.